The van der Waals surface area contributed by atoms with E-state index in [4.69, 9.17) is 45.3 Å². The van der Waals surface area contributed by atoms with Crippen molar-refractivity contribution in [3.8, 4) is 11.5 Å². The zero-order chi connectivity index (χ0) is 27.0. The number of anilines is 2. The number of aromatic nitrogens is 2. The minimum Gasteiger partial charge on any atom is -0.453 e. The second-order valence-corrected chi connectivity index (χ2v) is 12.4. The standard InChI is InChI=1S/C19H17Cl3FN5O6S2/c1-35(30,31)28(36(2,32)33)19-26-15(17(22)27-19)18(29)25-8-9-3-4-13(21)16(14(9)23)34-12-6-10(20)5-11(24)7-12/h3-7H,8,24H2,1-2H3,(H,25,29)(H,26,27). The smallest absolute Gasteiger partial charge is 0.273 e. The zero-order valence-corrected chi connectivity index (χ0v) is 22.2. The number of carbonyl (C=O) groups is 1. The van der Waals surface area contributed by atoms with Gasteiger partial charge in [-0.05, 0) is 18.2 Å². The predicted molar refractivity (Wildman–Crippen MR) is 134 cm³/mol. The molecule has 0 aliphatic rings. The van der Waals surface area contributed by atoms with Crippen molar-refractivity contribution >= 4 is 72.4 Å². The van der Waals surface area contributed by atoms with Gasteiger partial charge in [-0.2, -0.15) is 0 Å². The Kier molecular flexibility index (Phi) is 7.95. The molecule has 3 aromatic rings. The van der Waals surface area contributed by atoms with Crippen LogP contribution in [0.25, 0.3) is 0 Å². The Hall–Kier alpha value is -2.78. The molecule has 36 heavy (non-hydrogen) atoms. The lowest BCUT2D eigenvalue weighted by atomic mass is 10.2. The maximum atomic E-state index is 15.1. The molecule has 17 heteroatoms. The molecule has 0 atom stereocenters. The topological polar surface area (TPSA) is 165 Å². The number of hydrogen-bond acceptors (Lipinski definition) is 8. The van der Waals surface area contributed by atoms with E-state index in [0.717, 1.165) is 0 Å². The third-order valence-corrected chi connectivity index (χ3v) is 8.28. The summed E-state index contributed by atoms with van der Waals surface area (Å²) in [6, 6.07) is 6.91. The Morgan fingerprint density at radius 2 is 1.78 bits per heavy atom. The van der Waals surface area contributed by atoms with Gasteiger partial charge >= 0.3 is 0 Å². The van der Waals surface area contributed by atoms with Gasteiger partial charge in [0.25, 0.3) is 5.91 Å². The summed E-state index contributed by atoms with van der Waals surface area (Å²) in [5.74, 6) is -2.79. The highest BCUT2D eigenvalue weighted by atomic mass is 35.5. The van der Waals surface area contributed by atoms with Crippen molar-refractivity contribution in [2.45, 2.75) is 6.54 Å². The number of ether oxygens (including phenoxy) is 1. The normalized spacial score (nSPS) is 11.8. The molecule has 0 spiro atoms. The van der Waals surface area contributed by atoms with Crippen LogP contribution in [0.2, 0.25) is 15.2 Å². The number of nitrogens with one attached hydrogen (secondary N) is 2. The number of H-pyrrole nitrogens is 1. The Balaban J connectivity index is 1.84. The van der Waals surface area contributed by atoms with E-state index >= 15 is 4.39 Å². The summed E-state index contributed by atoms with van der Waals surface area (Å²) in [7, 11) is -8.67. The molecule has 0 saturated heterocycles. The van der Waals surface area contributed by atoms with Crippen LogP contribution in [0.15, 0.2) is 30.3 Å². The zero-order valence-electron chi connectivity index (χ0n) is 18.3. The Bertz CT molecular complexity index is 1510. The first-order chi connectivity index (χ1) is 16.6. The number of benzene rings is 2. The summed E-state index contributed by atoms with van der Waals surface area (Å²) in [5.41, 5.74) is 5.42. The number of sulfonamides is 2. The van der Waals surface area contributed by atoms with Gasteiger partial charge in [0.15, 0.2) is 17.3 Å². The average molecular weight is 601 g/mol. The summed E-state index contributed by atoms with van der Waals surface area (Å²) in [5, 5.41) is 2.10. The molecule has 4 N–H and O–H groups in total. The number of halogens is 4. The molecule has 11 nitrogen and oxygen atoms in total. The van der Waals surface area contributed by atoms with Crippen LogP contribution in [-0.4, -0.2) is 45.2 Å². The lowest BCUT2D eigenvalue weighted by molar-refractivity contribution is 0.0946. The molecule has 0 aliphatic heterocycles. The molecule has 0 aliphatic carbocycles. The van der Waals surface area contributed by atoms with Crippen molar-refractivity contribution in [1.29, 1.82) is 0 Å². The van der Waals surface area contributed by atoms with E-state index in [1.165, 1.54) is 30.3 Å². The molecule has 0 bridgehead atoms. The van der Waals surface area contributed by atoms with Crippen LogP contribution in [0.5, 0.6) is 11.5 Å². The lowest BCUT2D eigenvalue weighted by Crippen LogP contribution is -2.36. The van der Waals surface area contributed by atoms with Crippen LogP contribution in [0.3, 0.4) is 0 Å². The molecule has 0 saturated carbocycles. The molecule has 1 heterocycles. The van der Waals surface area contributed by atoms with Crippen LogP contribution < -0.4 is 19.5 Å². The van der Waals surface area contributed by atoms with Crippen LogP contribution in [0, 0.1) is 5.82 Å². The van der Waals surface area contributed by atoms with Crippen molar-refractivity contribution in [2.75, 3.05) is 22.0 Å². The van der Waals surface area contributed by atoms with Gasteiger partial charge in [-0.25, -0.2) is 26.2 Å². The maximum absolute atomic E-state index is 15.1. The number of nitrogens with zero attached hydrogens (tertiary/aromatic N) is 2. The summed E-state index contributed by atoms with van der Waals surface area (Å²) in [4.78, 5) is 18.5. The fourth-order valence-electron chi connectivity index (χ4n) is 2.96. The third-order valence-electron chi connectivity index (χ3n) is 4.32. The Morgan fingerprint density at radius 1 is 1.14 bits per heavy atom. The van der Waals surface area contributed by atoms with Crippen LogP contribution in [0.1, 0.15) is 16.1 Å². The van der Waals surface area contributed by atoms with Gasteiger partial charge in [-0.1, -0.05) is 40.9 Å². The highest BCUT2D eigenvalue weighted by Gasteiger charge is 2.32. The number of aromatic amines is 1. The fraction of sp³-hybridized carbons (Fsp3) is 0.158. The quantitative estimate of drug-likeness (QED) is 0.330. The Morgan fingerprint density at radius 3 is 2.36 bits per heavy atom. The van der Waals surface area contributed by atoms with Gasteiger partial charge in [0.05, 0.1) is 17.5 Å². The molecule has 0 unspecified atom stereocenters. The highest BCUT2D eigenvalue weighted by molar-refractivity contribution is 8.09. The van der Waals surface area contributed by atoms with E-state index in [0.29, 0.717) is 12.5 Å². The second-order valence-electron chi connectivity index (χ2n) is 7.30. The number of imidazole rings is 1. The molecule has 1 amide bonds. The van der Waals surface area contributed by atoms with Gasteiger partial charge < -0.3 is 20.8 Å². The van der Waals surface area contributed by atoms with Crippen molar-refractivity contribution in [3.05, 3.63) is 62.6 Å². The van der Waals surface area contributed by atoms with Crippen molar-refractivity contribution in [1.82, 2.24) is 15.3 Å². The van der Waals surface area contributed by atoms with Gasteiger partial charge in [0.1, 0.15) is 10.9 Å². The van der Waals surface area contributed by atoms with Crippen molar-refractivity contribution in [2.24, 2.45) is 0 Å². The first-order valence-electron chi connectivity index (χ1n) is 9.53. The van der Waals surface area contributed by atoms with Crippen molar-refractivity contribution in [3.63, 3.8) is 0 Å². The van der Waals surface area contributed by atoms with Crippen LogP contribution in [0.4, 0.5) is 16.0 Å². The van der Waals surface area contributed by atoms with Crippen LogP contribution in [-0.2, 0) is 26.6 Å². The van der Waals surface area contributed by atoms with E-state index < -0.39 is 55.1 Å². The summed E-state index contributed by atoms with van der Waals surface area (Å²) in [6.07, 6.45) is 1.26. The van der Waals surface area contributed by atoms with E-state index in [9.17, 15) is 21.6 Å². The third kappa shape index (κ3) is 6.31. The summed E-state index contributed by atoms with van der Waals surface area (Å²) in [6.45, 7) is -0.393. The molecule has 2 aromatic carbocycles. The molecule has 1 aromatic heterocycles. The van der Waals surface area contributed by atoms with Gasteiger partial charge in [0, 0.05) is 28.9 Å². The number of rotatable bonds is 8. The molecule has 3 rings (SSSR count). The summed E-state index contributed by atoms with van der Waals surface area (Å²) < 4.78 is 68.2. The first-order valence-corrected chi connectivity index (χ1v) is 14.4. The minimum absolute atomic E-state index is 0.0201. The van der Waals surface area contributed by atoms with Gasteiger partial charge in [0.2, 0.25) is 26.0 Å². The fourth-order valence-corrected chi connectivity index (χ4v) is 6.36. The van der Waals surface area contributed by atoms with E-state index in [2.05, 4.69) is 15.3 Å². The molecular formula is C19H17Cl3FN5O6S2. The van der Waals surface area contributed by atoms with Crippen molar-refractivity contribution < 1.29 is 30.8 Å². The van der Waals surface area contributed by atoms with E-state index in [1.807, 2.05) is 0 Å². The van der Waals surface area contributed by atoms with Gasteiger partial charge in [-0.3, -0.25) is 4.79 Å². The number of carbonyl (C=O) groups excluding carboxylic acids is 1. The highest BCUT2D eigenvalue weighted by Crippen LogP contribution is 2.35. The molecule has 194 valence electrons. The number of hydrogen-bond donors (Lipinski definition) is 3. The van der Waals surface area contributed by atoms with Gasteiger partial charge in [-0.15, -0.1) is 3.71 Å². The predicted octanol–water partition coefficient (Wildman–Crippen LogP) is 3.54. The van der Waals surface area contributed by atoms with E-state index in [-0.39, 0.29) is 36.5 Å². The molecule has 0 fully saturated rings. The second kappa shape index (κ2) is 10.3. The summed E-state index contributed by atoms with van der Waals surface area (Å²) >= 11 is 17.9. The first kappa shape index (κ1) is 27.8. The van der Waals surface area contributed by atoms with E-state index in [1.54, 1.807) is 0 Å². The minimum atomic E-state index is -4.34. The van der Waals surface area contributed by atoms with Crippen LogP contribution >= 0.6 is 34.8 Å². The largest absolute Gasteiger partial charge is 0.453 e. The lowest BCUT2D eigenvalue weighted by Gasteiger charge is -2.15. The molecular weight excluding hydrogens is 584 g/mol. The SMILES string of the molecule is CS(=O)(=O)N(c1nc(C(=O)NCc2ccc(Cl)c(Oc3cc(N)cc(Cl)c3)c2F)c(Cl)[nH]1)S(C)(=O)=O. The number of nitrogens with two attached hydrogens (primary N) is 1. The average Bonchev–Trinajstić information content (AvgIpc) is 3.07. The molecule has 0 radical (unpaired) electrons. The number of nitrogen functional groups attached to an aromatic ring is 1. The monoisotopic (exact) mass is 599 g/mol. The maximum Gasteiger partial charge on any atom is 0.273 e. The Labute approximate surface area is 220 Å². The number of amides is 1.